The Labute approximate surface area is 247 Å². The lowest BCUT2D eigenvalue weighted by Gasteiger charge is -2.58. The van der Waals surface area contributed by atoms with Crippen molar-refractivity contribution in [3.05, 3.63) is 36.0 Å². The van der Waals surface area contributed by atoms with Gasteiger partial charge in [-0.05, 0) is 111 Å². The molecule has 1 aliphatic heterocycles. The monoisotopic (exact) mass is 572 g/mol. The molecule has 6 heteroatoms. The first-order valence-electron chi connectivity index (χ1n) is 16.4. The zero-order valence-corrected chi connectivity index (χ0v) is 26.0. The van der Waals surface area contributed by atoms with Gasteiger partial charge in [-0.3, -0.25) is 0 Å². The molecule has 4 fully saturated rings. The quantitative estimate of drug-likeness (QED) is 0.285. The zero-order chi connectivity index (χ0) is 29.7. The molecule has 6 nitrogen and oxygen atoms in total. The van der Waals surface area contributed by atoms with Gasteiger partial charge >= 0.3 is 0 Å². The average molecular weight is 573 g/mol. The van der Waals surface area contributed by atoms with Gasteiger partial charge in [0.15, 0.2) is 6.29 Å². The number of allylic oxidation sites excluding steroid dienone is 4. The highest BCUT2D eigenvalue weighted by Gasteiger charge is 2.59. The Bertz CT molecular complexity index is 1000. The molecule has 4 unspecified atom stereocenters. The van der Waals surface area contributed by atoms with Gasteiger partial charge in [-0.15, -0.1) is 0 Å². The smallest absolute Gasteiger partial charge is 0.186 e. The van der Waals surface area contributed by atoms with Crippen molar-refractivity contribution in [2.75, 3.05) is 6.61 Å². The molecule has 0 aromatic rings. The Kier molecular flexibility index (Phi) is 9.32. The van der Waals surface area contributed by atoms with Gasteiger partial charge in [0, 0.05) is 0 Å². The van der Waals surface area contributed by atoms with Gasteiger partial charge in [0.2, 0.25) is 0 Å². The minimum Gasteiger partial charge on any atom is -0.394 e. The number of ether oxygens (including phenoxy) is 2. The number of aliphatic hydroxyl groups excluding tert-OH is 4. The molecule has 41 heavy (non-hydrogen) atoms. The lowest BCUT2D eigenvalue weighted by Crippen LogP contribution is -2.60. The van der Waals surface area contributed by atoms with Crippen LogP contribution in [0.5, 0.6) is 0 Å². The van der Waals surface area contributed by atoms with Crippen molar-refractivity contribution in [1.82, 2.24) is 0 Å². The fourth-order valence-electron chi connectivity index (χ4n) is 10.1. The largest absolute Gasteiger partial charge is 0.394 e. The third-order valence-corrected chi connectivity index (χ3v) is 12.7. The van der Waals surface area contributed by atoms with Gasteiger partial charge in [0.25, 0.3) is 0 Å². The molecule has 4 N–H and O–H groups in total. The van der Waals surface area contributed by atoms with Crippen LogP contribution in [0.4, 0.5) is 0 Å². The van der Waals surface area contributed by atoms with Crippen LogP contribution in [0.3, 0.4) is 0 Å². The van der Waals surface area contributed by atoms with Crippen LogP contribution in [0.1, 0.15) is 92.4 Å². The fraction of sp³-hybridized carbons (Fsp3) is 0.829. The van der Waals surface area contributed by atoms with Crippen molar-refractivity contribution in [3.63, 3.8) is 0 Å². The summed E-state index contributed by atoms with van der Waals surface area (Å²) in [6.45, 7) is 15.7. The number of rotatable bonds is 8. The first kappa shape index (κ1) is 31.4. The maximum absolute atomic E-state index is 10.5. The van der Waals surface area contributed by atoms with Gasteiger partial charge in [-0.2, -0.15) is 0 Å². The Morgan fingerprint density at radius 3 is 2.51 bits per heavy atom. The Balaban J connectivity index is 1.26. The van der Waals surface area contributed by atoms with Crippen molar-refractivity contribution in [2.24, 2.45) is 46.3 Å². The third-order valence-electron chi connectivity index (χ3n) is 12.7. The van der Waals surface area contributed by atoms with E-state index in [0.29, 0.717) is 23.2 Å². The van der Waals surface area contributed by atoms with E-state index in [0.717, 1.165) is 49.9 Å². The van der Waals surface area contributed by atoms with Crippen molar-refractivity contribution < 1.29 is 29.9 Å². The second-order valence-corrected chi connectivity index (χ2v) is 14.8. The summed E-state index contributed by atoms with van der Waals surface area (Å²) in [5.74, 6) is 4.04. The maximum Gasteiger partial charge on any atom is 0.186 e. The van der Waals surface area contributed by atoms with Gasteiger partial charge in [0.1, 0.15) is 24.4 Å². The van der Waals surface area contributed by atoms with Crippen molar-refractivity contribution in [1.29, 1.82) is 0 Å². The molecule has 3 saturated carbocycles. The van der Waals surface area contributed by atoms with E-state index in [2.05, 4.69) is 59.4 Å². The van der Waals surface area contributed by atoms with Crippen LogP contribution in [0.2, 0.25) is 0 Å². The minimum absolute atomic E-state index is 0.115. The molecule has 232 valence electrons. The molecule has 0 spiro atoms. The SMILES string of the molecule is C=C(C)C(/C=C/[C@@H](C)[C@H]1CCC2C3CC=C4C[C@@H](O[C@@H]5O[C@H](CO)[C@@H](O)[C@H](O)[C@H]5O)CC[C@]4(C)C3CC[C@@]21C)CC. The highest BCUT2D eigenvalue weighted by Crippen LogP contribution is 2.67. The van der Waals surface area contributed by atoms with Gasteiger partial charge in [-0.25, -0.2) is 0 Å². The first-order valence-corrected chi connectivity index (χ1v) is 16.4. The number of hydrogen-bond acceptors (Lipinski definition) is 6. The van der Waals surface area contributed by atoms with Crippen LogP contribution in [0.25, 0.3) is 0 Å². The standard InChI is InChI=1S/C35H56O6/c1-7-22(20(2)3)9-8-21(4)26-12-13-27-25-11-10-23-18-24(14-16-34(23,5)28(25)15-17-35(26,27)6)40-33-32(39)31(38)30(37)29(19-36)41-33/h8-10,21-22,24-33,36-39H,2,7,11-19H2,1,3-6H3/b9-8+/t21-,22?,24+,25?,26-,27?,28?,29-,30-,31+,32-,33-,34+,35-/m1/s1. The van der Waals surface area contributed by atoms with E-state index in [9.17, 15) is 20.4 Å². The molecule has 0 aromatic carbocycles. The molecule has 5 rings (SSSR count). The summed E-state index contributed by atoms with van der Waals surface area (Å²) >= 11 is 0. The summed E-state index contributed by atoms with van der Waals surface area (Å²) in [6, 6.07) is 0. The Morgan fingerprint density at radius 1 is 1.07 bits per heavy atom. The summed E-state index contributed by atoms with van der Waals surface area (Å²) in [7, 11) is 0. The van der Waals surface area contributed by atoms with Crippen LogP contribution < -0.4 is 0 Å². The molecular weight excluding hydrogens is 516 g/mol. The first-order chi connectivity index (χ1) is 19.4. The van der Waals surface area contributed by atoms with Crippen molar-refractivity contribution in [2.45, 2.75) is 129 Å². The molecular formula is C35H56O6. The van der Waals surface area contributed by atoms with Gasteiger partial charge < -0.3 is 29.9 Å². The second kappa shape index (κ2) is 12.2. The molecule has 5 aliphatic rings. The van der Waals surface area contributed by atoms with Crippen LogP contribution >= 0.6 is 0 Å². The number of aliphatic hydroxyl groups is 4. The average Bonchev–Trinajstić information content (AvgIpc) is 3.30. The Morgan fingerprint density at radius 2 is 1.83 bits per heavy atom. The molecule has 0 radical (unpaired) electrons. The summed E-state index contributed by atoms with van der Waals surface area (Å²) in [5.41, 5.74) is 3.33. The molecule has 1 saturated heterocycles. The predicted molar refractivity (Wildman–Crippen MR) is 161 cm³/mol. The van der Waals surface area contributed by atoms with E-state index in [1.807, 2.05) is 0 Å². The lowest BCUT2D eigenvalue weighted by molar-refractivity contribution is -0.313. The minimum atomic E-state index is -1.40. The molecule has 0 bridgehead atoms. The van der Waals surface area contributed by atoms with E-state index in [-0.39, 0.29) is 11.5 Å². The fourth-order valence-corrected chi connectivity index (χ4v) is 10.1. The van der Waals surface area contributed by atoms with Crippen molar-refractivity contribution in [3.8, 4) is 0 Å². The van der Waals surface area contributed by atoms with Gasteiger partial charge in [0.05, 0.1) is 12.7 Å². The van der Waals surface area contributed by atoms with Crippen LogP contribution in [0.15, 0.2) is 36.0 Å². The van der Waals surface area contributed by atoms with Crippen LogP contribution in [-0.2, 0) is 9.47 Å². The molecule has 0 amide bonds. The molecule has 14 atom stereocenters. The number of fused-ring (bicyclic) bond motifs is 5. The van der Waals surface area contributed by atoms with E-state index in [4.69, 9.17) is 9.47 Å². The van der Waals surface area contributed by atoms with Gasteiger partial charge in [-0.1, -0.05) is 63.6 Å². The van der Waals surface area contributed by atoms with E-state index < -0.39 is 37.3 Å². The topological polar surface area (TPSA) is 99.4 Å². The highest BCUT2D eigenvalue weighted by atomic mass is 16.7. The Hall–Kier alpha value is -1.02. The van der Waals surface area contributed by atoms with E-state index in [1.165, 1.54) is 36.8 Å². The van der Waals surface area contributed by atoms with Crippen molar-refractivity contribution >= 4 is 0 Å². The van der Waals surface area contributed by atoms with E-state index in [1.54, 1.807) is 0 Å². The lowest BCUT2D eigenvalue weighted by atomic mass is 9.47. The highest BCUT2D eigenvalue weighted by molar-refractivity contribution is 5.26. The predicted octanol–water partition coefficient (Wildman–Crippen LogP) is 5.55. The summed E-state index contributed by atoms with van der Waals surface area (Å²) in [4.78, 5) is 0. The third kappa shape index (κ3) is 5.55. The van der Waals surface area contributed by atoms with Crippen LogP contribution in [0, 0.1) is 46.3 Å². The molecule has 1 heterocycles. The van der Waals surface area contributed by atoms with E-state index >= 15 is 0 Å². The second-order valence-electron chi connectivity index (χ2n) is 14.8. The zero-order valence-electron chi connectivity index (χ0n) is 26.0. The molecule has 0 aromatic heterocycles. The van der Waals surface area contributed by atoms with Crippen LogP contribution in [-0.4, -0.2) is 63.8 Å². The maximum atomic E-state index is 10.5. The summed E-state index contributed by atoms with van der Waals surface area (Å²) < 4.78 is 11.9. The number of hydrogen-bond donors (Lipinski definition) is 4. The molecule has 4 aliphatic carbocycles. The normalized spacial score (nSPS) is 47.7. The summed E-state index contributed by atoms with van der Waals surface area (Å²) in [6.07, 6.45) is 11.5. The summed E-state index contributed by atoms with van der Waals surface area (Å²) in [5, 5.41) is 40.4.